The molecule has 0 radical (unpaired) electrons. The van der Waals surface area contributed by atoms with Gasteiger partial charge >= 0.3 is 0 Å². The van der Waals surface area contributed by atoms with Crippen molar-refractivity contribution in [1.29, 1.82) is 0 Å². The Labute approximate surface area is 125 Å². The largest absolute Gasteiger partial charge is 0.395 e. The monoisotopic (exact) mass is 306 g/mol. The number of aliphatic hydroxyl groups excluding tert-OH is 1. The first-order valence-corrected chi connectivity index (χ1v) is 7.82. The third-order valence-electron chi connectivity index (χ3n) is 2.50. The lowest BCUT2D eigenvalue weighted by Gasteiger charge is -2.01. The Morgan fingerprint density at radius 3 is 3.05 bits per heavy atom. The first kappa shape index (κ1) is 14.7. The standard InChI is InChI=1S/C14H14N2O2S2/c1-10-13(20-9-16-10)14(18)15-7-12-6-11(8-19-12)4-2-3-5-17/h6,8-9,17H,3,5,7H2,1H3,(H,15,18). The van der Waals surface area contributed by atoms with Crippen LogP contribution in [-0.4, -0.2) is 22.6 Å². The van der Waals surface area contributed by atoms with Crippen molar-refractivity contribution in [1.82, 2.24) is 10.3 Å². The molecule has 0 fully saturated rings. The molecule has 6 heteroatoms. The highest BCUT2D eigenvalue weighted by Gasteiger charge is 2.11. The number of carbonyl (C=O) groups excluding carboxylic acids is 1. The summed E-state index contributed by atoms with van der Waals surface area (Å²) in [6.07, 6.45) is 0.479. The predicted octanol–water partition coefficient (Wildman–Crippen LogP) is 2.18. The van der Waals surface area contributed by atoms with Crippen LogP contribution in [0.5, 0.6) is 0 Å². The lowest BCUT2D eigenvalue weighted by molar-refractivity contribution is 0.0954. The van der Waals surface area contributed by atoms with Crippen LogP contribution in [-0.2, 0) is 6.54 Å². The molecule has 104 valence electrons. The fourth-order valence-electron chi connectivity index (χ4n) is 1.53. The van der Waals surface area contributed by atoms with Gasteiger partial charge in [0, 0.05) is 22.2 Å². The van der Waals surface area contributed by atoms with Crippen molar-refractivity contribution in [2.75, 3.05) is 6.61 Å². The Morgan fingerprint density at radius 2 is 2.35 bits per heavy atom. The average molecular weight is 306 g/mol. The van der Waals surface area contributed by atoms with Crippen LogP contribution in [0.4, 0.5) is 0 Å². The number of aryl methyl sites for hydroxylation is 1. The van der Waals surface area contributed by atoms with Crippen LogP contribution in [0.2, 0.25) is 0 Å². The van der Waals surface area contributed by atoms with Crippen LogP contribution in [0.15, 0.2) is 17.0 Å². The summed E-state index contributed by atoms with van der Waals surface area (Å²) in [4.78, 5) is 17.7. The smallest absolute Gasteiger partial charge is 0.263 e. The van der Waals surface area contributed by atoms with Crippen molar-refractivity contribution < 1.29 is 9.90 Å². The van der Waals surface area contributed by atoms with Crippen LogP contribution in [0.25, 0.3) is 0 Å². The van der Waals surface area contributed by atoms with Crippen molar-refractivity contribution in [3.05, 3.63) is 38.0 Å². The summed E-state index contributed by atoms with van der Waals surface area (Å²) in [7, 11) is 0. The van der Waals surface area contributed by atoms with Gasteiger partial charge in [0.1, 0.15) is 4.88 Å². The van der Waals surface area contributed by atoms with E-state index in [1.807, 2.05) is 18.4 Å². The second-order valence-electron chi connectivity index (χ2n) is 4.03. The Kier molecular flexibility index (Phi) is 5.30. The van der Waals surface area contributed by atoms with E-state index in [0.717, 1.165) is 16.1 Å². The lowest BCUT2D eigenvalue weighted by Crippen LogP contribution is -2.22. The van der Waals surface area contributed by atoms with E-state index in [9.17, 15) is 4.79 Å². The lowest BCUT2D eigenvalue weighted by atomic mass is 10.3. The number of rotatable bonds is 4. The molecule has 2 N–H and O–H groups in total. The minimum atomic E-state index is -0.0914. The van der Waals surface area contributed by atoms with E-state index < -0.39 is 0 Å². The zero-order valence-corrected chi connectivity index (χ0v) is 12.6. The van der Waals surface area contributed by atoms with Crippen molar-refractivity contribution in [2.45, 2.75) is 19.9 Å². The second-order valence-corrected chi connectivity index (χ2v) is 5.88. The van der Waals surface area contributed by atoms with E-state index >= 15 is 0 Å². The quantitative estimate of drug-likeness (QED) is 0.851. The molecule has 2 rings (SSSR count). The van der Waals surface area contributed by atoms with Gasteiger partial charge in [-0.2, -0.15) is 0 Å². The molecule has 4 nitrogen and oxygen atoms in total. The van der Waals surface area contributed by atoms with Crippen LogP contribution in [0.1, 0.15) is 32.2 Å². The highest BCUT2D eigenvalue weighted by atomic mass is 32.1. The molecular weight excluding hydrogens is 292 g/mol. The number of carbonyl (C=O) groups is 1. The average Bonchev–Trinajstić information content (AvgIpc) is 3.05. The van der Waals surface area contributed by atoms with E-state index in [0.29, 0.717) is 17.8 Å². The van der Waals surface area contributed by atoms with Crippen LogP contribution in [0, 0.1) is 18.8 Å². The topological polar surface area (TPSA) is 62.2 Å². The first-order chi connectivity index (χ1) is 9.70. The van der Waals surface area contributed by atoms with Gasteiger partial charge in [-0.05, 0) is 13.0 Å². The van der Waals surface area contributed by atoms with Gasteiger partial charge in [0.15, 0.2) is 0 Å². The number of nitrogens with zero attached hydrogens (tertiary/aromatic N) is 1. The summed E-state index contributed by atoms with van der Waals surface area (Å²) >= 11 is 2.90. The summed E-state index contributed by atoms with van der Waals surface area (Å²) in [5, 5.41) is 13.5. The van der Waals surface area contributed by atoms with Gasteiger partial charge in [0.05, 0.1) is 24.4 Å². The molecule has 0 aliphatic heterocycles. The third-order valence-corrected chi connectivity index (χ3v) is 4.36. The molecule has 2 heterocycles. The fourth-order valence-corrected chi connectivity index (χ4v) is 3.00. The molecule has 0 aliphatic rings. The SMILES string of the molecule is Cc1ncsc1C(=O)NCc1cc(C#CCCO)cs1. The summed E-state index contributed by atoms with van der Waals surface area (Å²) in [5.74, 6) is 5.75. The van der Waals surface area contributed by atoms with E-state index in [1.54, 1.807) is 16.8 Å². The normalized spacial score (nSPS) is 9.90. The zero-order valence-electron chi connectivity index (χ0n) is 11.0. The molecular formula is C14H14N2O2S2. The highest BCUT2D eigenvalue weighted by molar-refractivity contribution is 7.12. The molecule has 2 aromatic heterocycles. The highest BCUT2D eigenvalue weighted by Crippen LogP contribution is 2.15. The maximum Gasteiger partial charge on any atom is 0.263 e. The van der Waals surface area contributed by atoms with Crippen molar-refractivity contribution in [3.8, 4) is 11.8 Å². The van der Waals surface area contributed by atoms with E-state index in [1.165, 1.54) is 11.3 Å². The number of hydrogen-bond donors (Lipinski definition) is 2. The van der Waals surface area contributed by atoms with E-state index in [-0.39, 0.29) is 12.5 Å². The summed E-state index contributed by atoms with van der Waals surface area (Å²) in [5.41, 5.74) is 3.35. The summed E-state index contributed by atoms with van der Waals surface area (Å²) < 4.78 is 0. The Balaban J connectivity index is 1.90. The van der Waals surface area contributed by atoms with Crippen molar-refractivity contribution >= 4 is 28.6 Å². The minimum absolute atomic E-state index is 0.0776. The molecule has 1 amide bonds. The molecule has 0 unspecified atom stereocenters. The molecule has 0 saturated carbocycles. The molecule has 0 saturated heterocycles. The fraction of sp³-hybridized carbons (Fsp3) is 0.286. The van der Waals surface area contributed by atoms with Crippen molar-refractivity contribution in [2.24, 2.45) is 0 Å². The van der Waals surface area contributed by atoms with Gasteiger partial charge < -0.3 is 10.4 Å². The van der Waals surface area contributed by atoms with Gasteiger partial charge in [0.25, 0.3) is 5.91 Å². The zero-order chi connectivity index (χ0) is 14.4. The maximum absolute atomic E-state index is 11.9. The minimum Gasteiger partial charge on any atom is -0.395 e. The number of nitrogens with one attached hydrogen (secondary N) is 1. The second kappa shape index (κ2) is 7.20. The number of hydrogen-bond acceptors (Lipinski definition) is 5. The molecule has 0 spiro atoms. The van der Waals surface area contributed by atoms with Gasteiger partial charge in [0.2, 0.25) is 0 Å². The van der Waals surface area contributed by atoms with E-state index in [4.69, 9.17) is 5.11 Å². The molecule has 2 aromatic rings. The van der Waals surface area contributed by atoms with Crippen molar-refractivity contribution in [3.63, 3.8) is 0 Å². The Hall–Kier alpha value is -1.68. The summed E-state index contributed by atoms with van der Waals surface area (Å²) in [6.45, 7) is 2.39. The number of thiophene rings is 1. The Morgan fingerprint density at radius 1 is 1.50 bits per heavy atom. The molecule has 0 atom stereocenters. The molecule has 0 aromatic carbocycles. The first-order valence-electron chi connectivity index (χ1n) is 6.06. The number of thiazole rings is 1. The van der Waals surface area contributed by atoms with Crippen LogP contribution < -0.4 is 5.32 Å². The van der Waals surface area contributed by atoms with E-state index in [2.05, 4.69) is 22.1 Å². The van der Waals surface area contributed by atoms with Gasteiger partial charge in [-0.3, -0.25) is 4.79 Å². The van der Waals surface area contributed by atoms with Gasteiger partial charge in [-0.25, -0.2) is 4.98 Å². The van der Waals surface area contributed by atoms with Gasteiger partial charge in [-0.1, -0.05) is 11.8 Å². The third kappa shape index (κ3) is 3.90. The van der Waals surface area contributed by atoms with Crippen LogP contribution >= 0.6 is 22.7 Å². The maximum atomic E-state index is 11.9. The van der Waals surface area contributed by atoms with Crippen LogP contribution in [0.3, 0.4) is 0 Å². The number of aliphatic hydroxyl groups is 1. The predicted molar refractivity (Wildman–Crippen MR) is 80.9 cm³/mol. The van der Waals surface area contributed by atoms with Gasteiger partial charge in [-0.15, -0.1) is 22.7 Å². The number of aromatic nitrogens is 1. The molecule has 20 heavy (non-hydrogen) atoms. The Bertz CT molecular complexity index is 649. The molecule has 0 aliphatic carbocycles. The molecule has 0 bridgehead atoms. The number of amides is 1. The summed E-state index contributed by atoms with van der Waals surface area (Å²) in [6, 6.07) is 1.95.